The van der Waals surface area contributed by atoms with Crippen LogP contribution < -0.4 is 0 Å². The topological polar surface area (TPSA) is 44.1 Å². The molecule has 0 aliphatic heterocycles. The van der Waals surface area contributed by atoms with Crippen LogP contribution in [0.5, 0.6) is 0 Å². The number of esters is 1. The molecule has 0 aromatic carbocycles. The number of hydrogen-bond donors (Lipinski definition) is 0. The Labute approximate surface area is 72.1 Å². The maximum Gasteiger partial charge on any atom is 0.358 e. The first kappa shape index (κ1) is 10.7. The van der Waals surface area contributed by atoms with E-state index in [1.165, 1.54) is 7.11 Å². The Balaban J connectivity index is 0.000000561. The Morgan fingerprint density at radius 3 is 2.50 bits per heavy atom. The van der Waals surface area contributed by atoms with Crippen LogP contribution in [0.1, 0.15) is 24.3 Å². The fourth-order valence-corrected chi connectivity index (χ4v) is 0.629. The second-order valence-corrected chi connectivity index (χ2v) is 1.87. The van der Waals surface area contributed by atoms with Gasteiger partial charge in [-0.05, 0) is 6.07 Å². The average Bonchev–Trinajstić information content (AvgIpc) is 2.54. The minimum atomic E-state index is -0.402. The lowest BCUT2D eigenvalue weighted by atomic mass is 10.4. The Morgan fingerprint density at radius 1 is 1.58 bits per heavy atom. The number of rotatable bonds is 1. The van der Waals surface area contributed by atoms with Crippen LogP contribution >= 0.6 is 0 Å². The van der Waals surface area contributed by atoms with Crippen molar-refractivity contribution in [1.82, 2.24) is 9.78 Å². The monoisotopic (exact) mass is 170 g/mol. The van der Waals surface area contributed by atoms with Crippen LogP contribution in [0.25, 0.3) is 0 Å². The van der Waals surface area contributed by atoms with Crippen molar-refractivity contribution in [2.75, 3.05) is 7.11 Å². The lowest BCUT2D eigenvalue weighted by Crippen LogP contribution is -2.02. The van der Waals surface area contributed by atoms with Crippen LogP contribution in [0.15, 0.2) is 12.3 Å². The molecule has 0 amide bonds. The van der Waals surface area contributed by atoms with Gasteiger partial charge in [-0.1, -0.05) is 13.8 Å². The van der Waals surface area contributed by atoms with E-state index in [-0.39, 0.29) is 0 Å². The largest absolute Gasteiger partial charge is 0.464 e. The zero-order valence-electron chi connectivity index (χ0n) is 7.87. The predicted molar refractivity (Wildman–Crippen MR) is 45.9 cm³/mol. The van der Waals surface area contributed by atoms with Crippen molar-refractivity contribution in [1.29, 1.82) is 0 Å². The minimum Gasteiger partial charge on any atom is -0.464 e. The first-order valence-electron chi connectivity index (χ1n) is 3.82. The van der Waals surface area contributed by atoms with Crippen LogP contribution in [0.3, 0.4) is 0 Å². The maximum absolute atomic E-state index is 10.7. The second-order valence-electron chi connectivity index (χ2n) is 1.87. The molecule has 0 saturated carbocycles. The van der Waals surface area contributed by atoms with E-state index in [0.717, 1.165) is 0 Å². The van der Waals surface area contributed by atoms with Crippen molar-refractivity contribution < 1.29 is 9.53 Å². The maximum atomic E-state index is 10.7. The molecule has 0 fully saturated rings. The summed E-state index contributed by atoms with van der Waals surface area (Å²) in [4.78, 5) is 10.7. The summed E-state index contributed by atoms with van der Waals surface area (Å²) in [6.45, 7) is 4.00. The molecule has 0 N–H and O–H groups in total. The number of carbonyl (C=O) groups excluding carboxylic acids is 1. The summed E-state index contributed by atoms with van der Waals surface area (Å²) in [5.41, 5.74) is 0.338. The summed E-state index contributed by atoms with van der Waals surface area (Å²) < 4.78 is 5.98. The molecule has 0 aliphatic rings. The molecule has 4 nitrogen and oxygen atoms in total. The van der Waals surface area contributed by atoms with Crippen LogP contribution in [-0.4, -0.2) is 22.9 Å². The number of aromatic nitrogens is 2. The van der Waals surface area contributed by atoms with E-state index in [9.17, 15) is 4.79 Å². The van der Waals surface area contributed by atoms with Crippen LogP contribution in [0.4, 0.5) is 0 Å². The Kier molecular flexibility index (Phi) is 4.76. The summed E-state index contributed by atoms with van der Waals surface area (Å²) in [7, 11) is 3.07. The Hall–Kier alpha value is -1.32. The summed E-state index contributed by atoms with van der Waals surface area (Å²) in [6, 6.07) is 1.60. The number of carbonyl (C=O) groups is 1. The molecule has 0 saturated heterocycles. The predicted octanol–water partition coefficient (Wildman–Crippen LogP) is 1.23. The normalized spacial score (nSPS) is 8.33. The minimum absolute atomic E-state index is 0.338. The highest BCUT2D eigenvalue weighted by atomic mass is 16.5. The molecule has 1 aromatic rings. The van der Waals surface area contributed by atoms with Gasteiger partial charge in [0.05, 0.1) is 7.11 Å². The molecule has 1 heterocycles. The second kappa shape index (κ2) is 5.35. The zero-order chi connectivity index (χ0) is 9.56. The lowest BCUT2D eigenvalue weighted by Gasteiger charge is -1.90. The Morgan fingerprint density at radius 2 is 2.17 bits per heavy atom. The Bertz CT molecular complexity index is 243. The van der Waals surface area contributed by atoms with Gasteiger partial charge in [0, 0.05) is 13.2 Å². The van der Waals surface area contributed by atoms with Crippen molar-refractivity contribution in [3.8, 4) is 0 Å². The van der Waals surface area contributed by atoms with E-state index >= 15 is 0 Å². The standard InChI is InChI=1S/C6H8N2O2.C2H6/c1-8-4-3-5(7-8)6(9)10-2;1-2/h3-4H,1-2H3;1-2H3. The third kappa shape index (κ3) is 2.74. The van der Waals surface area contributed by atoms with Crippen molar-refractivity contribution in [2.24, 2.45) is 7.05 Å². The average molecular weight is 170 g/mol. The van der Waals surface area contributed by atoms with Gasteiger partial charge in [0.2, 0.25) is 0 Å². The van der Waals surface area contributed by atoms with Gasteiger partial charge in [0.15, 0.2) is 5.69 Å². The van der Waals surface area contributed by atoms with Crippen molar-refractivity contribution in [3.05, 3.63) is 18.0 Å². The van der Waals surface area contributed by atoms with Crippen LogP contribution in [0.2, 0.25) is 0 Å². The molecule has 1 rings (SSSR count). The third-order valence-corrected chi connectivity index (χ3v) is 1.11. The number of hydrogen-bond acceptors (Lipinski definition) is 3. The fraction of sp³-hybridized carbons (Fsp3) is 0.500. The van der Waals surface area contributed by atoms with Crippen molar-refractivity contribution >= 4 is 5.97 Å². The summed E-state index contributed by atoms with van der Waals surface area (Å²) in [5, 5.41) is 3.82. The summed E-state index contributed by atoms with van der Waals surface area (Å²) >= 11 is 0. The molecular formula is C8H14N2O2. The van der Waals surface area contributed by atoms with Crippen molar-refractivity contribution in [2.45, 2.75) is 13.8 Å². The quantitative estimate of drug-likeness (QED) is 0.595. The summed E-state index contributed by atoms with van der Waals surface area (Å²) in [6.07, 6.45) is 1.69. The fourth-order valence-electron chi connectivity index (χ4n) is 0.629. The van der Waals surface area contributed by atoms with Crippen LogP contribution in [0, 0.1) is 0 Å². The van der Waals surface area contributed by atoms with Gasteiger partial charge in [-0.2, -0.15) is 5.10 Å². The first-order valence-corrected chi connectivity index (χ1v) is 3.82. The number of aryl methyl sites for hydroxylation is 1. The zero-order valence-corrected chi connectivity index (χ0v) is 7.87. The highest BCUT2D eigenvalue weighted by Crippen LogP contribution is 1.94. The van der Waals surface area contributed by atoms with E-state index in [1.807, 2.05) is 13.8 Å². The molecule has 0 aliphatic carbocycles. The molecular weight excluding hydrogens is 156 g/mol. The van der Waals surface area contributed by atoms with Gasteiger partial charge in [-0.3, -0.25) is 4.68 Å². The molecule has 0 unspecified atom stereocenters. The molecule has 0 bridgehead atoms. The van der Waals surface area contributed by atoms with E-state index < -0.39 is 5.97 Å². The van der Waals surface area contributed by atoms with Crippen molar-refractivity contribution in [3.63, 3.8) is 0 Å². The van der Waals surface area contributed by atoms with Crippen LogP contribution in [-0.2, 0) is 11.8 Å². The van der Waals surface area contributed by atoms with Gasteiger partial charge < -0.3 is 4.74 Å². The SMILES string of the molecule is CC.COC(=O)c1ccn(C)n1. The molecule has 0 atom stereocenters. The molecule has 0 spiro atoms. The molecule has 68 valence electrons. The first-order chi connectivity index (χ1) is 5.74. The number of nitrogens with zero attached hydrogens (tertiary/aromatic N) is 2. The van der Waals surface area contributed by atoms with Gasteiger partial charge in [-0.15, -0.1) is 0 Å². The van der Waals surface area contributed by atoms with E-state index in [4.69, 9.17) is 0 Å². The van der Waals surface area contributed by atoms with Gasteiger partial charge in [0.25, 0.3) is 0 Å². The smallest absolute Gasteiger partial charge is 0.358 e. The highest BCUT2D eigenvalue weighted by Gasteiger charge is 2.06. The summed E-state index contributed by atoms with van der Waals surface area (Å²) in [5.74, 6) is -0.402. The molecule has 1 aromatic heterocycles. The van der Waals surface area contributed by atoms with E-state index in [1.54, 1.807) is 24.0 Å². The molecule has 4 heteroatoms. The highest BCUT2D eigenvalue weighted by molar-refractivity contribution is 5.86. The molecule has 0 radical (unpaired) electrons. The lowest BCUT2D eigenvalue weighted by molar-refractivity contribution is 0.0593. The third-order valence-electron chi connectivity index (χ3n) is 1.11. The van der Waals surface area contributed by atoms with Gasteiger partial charge >= 0.3 is 5.97 Å². The van der Waals surface area contributed by atoms with Gasteiger partial charge in [-0.25, -0.2) is 4.79 Å². The van der Waals surface area contributed by atoms with E-state index in [0.29, 0.717) is 5.69 Å². The number of methoxy groups -OCH3 is 1. The van der Waals surface area contributed by atoms with Gasteiger partial charge in [0.1, 0.15) is 0 Å². The molecule has 12 heavy (non-hydrogen) atoms. The van der Waals surface area contributed by atoms with E-state index in [2.05, 4.69) is 9.84 Å². The number of ether oxygens (including phenoxy) is 1.